The molecule has 236 valence electrons. The summed E-state index contributed by atoms with van der Waals surface area (Å²) in [6, 6.07) is 28.2. The molecule has 0 aromatic heterocycles. The molecule has 2 atom stereocenters. The zero-order valence-electron chi connectivity index (χ0n) is 25.5. The van der Waals surface area contributed by atoms with Crippen LogP contribution in [0.5, 0.6) is 0 Å². The van der Waals surface area contributed by atoms with Crippen LogP contribution in [-0.4, -0.2) is 43.8 Å². The molecular weight excluding hydrogens is 629 g/mol. The van der Waals surface area contributed by atoms with Gasteiger partial charge in [-0.05, 0) is 67.8 Å². The number of anilines is 1. The van der Waals surface area contributed by atoms with Crippen LogP contribution in [-0.2, 0) is 32.6 Å². The molecule has 45 heavy (non-hydrogen) atoms. The minimum Gasteiger partial charge on any atom is -0.352 e. The normalized spacial score (nSPS) is 12.6. The van der Waals surface area contributed by atoms with Crippen molar-refractivity contribution in [2.75, 3.05) is 10.8 Å². The zero-order valence-corrected chi connectivity index (χ0v) is 27.8. The second kappa shape index (κ2) is 15.4. The number of hydrogen-bond donors (Lipinski definition) is 1. The fraction of sp³-hybridized carbons (Fsp3) is 0.257. The molecular formula is C35H37Cl2N3O4S. The van der Waals surface area contributed by atoms with Gasteiger partial charge in [0.05, 0.1) is 15.6 Å². The fourth-order valence-corrected chi connectivity index (χ4v) is 6.77. The van der Waals surface area contributed by atoms with Crippen LogP contribution in [0.15, 0.2) is 108 Å². The maximum Gasteiger partial charge on any atom is 0.264 e. The van der Waals surface area contributed by atoms with Crippen LogP contribution in [0.1, 0.15) is 37.0 Å². The van der Waals surface area contributed by atoms with Crippen molar-refractivity contribution in [3.63, 3.8) is 0 Å². The van der Waals surface area contributed by atoms with Crippen LogP contribution < -0.4 is 9.62 Å². The molecule has 0 spiro atoms. The second-order valence-electron chi connectivity index (χ2n) is 11.0. The molecule has 2 amide bonds. The molecule has 0 fully saturated rings. The first-order valence-corrected chi connectivity index (χ1v) is 16.9. The third kappa shape index (κ3) is 8.87. The van der Waals surface area contributed by atoms with E-state index < -0.39 is 28.5 Å². The Bertz CT molecular complexity index is 1720. The van der Waals surface area contributed by atoms with E-state index >= 15 is 0 Å². The van der Waals surface area contributed by atoms with Crippen LogP contribution >= 0.6 is 23.2 Å². The molecule has 0 aliphatic rings. The van der Waals surface area contributed by atoms with Crippen molar-refractivity contribution in [3.8, 4) is 0 Å². The van der Waals surface area contributed by atoms with Crippen LogP contribution in [0.2, 0.25) is 10.0 Å². The predicted molar refractivity (Wildman–Crippen MR) is 181 cm³/mol. The smallest absolute Gasteiger partial charge is 0.264 e. The Morgan fingerprint density at radius 1 is 0.844 bits per heavy atom. The largest absolute Gasteiger partial charge is 0.352 e. The number of benzene rings is 4. The van der Waals surface area contributed by atoms with Crippen LogP contribution in [0.3, 0.4) is 0 Å². The summed E-state index contributed by atoms with van der Waals surface area (Å²) in [5, 5.41) is 3.67. The van der Waals surface area contributed by atoms with E-state index in [-0.39, 0.29) is 40.5 Å². The third-order valence-corrected chi connectivity index (χ3v) is 9.85. The maximum absolute atomic E-state index is 14.5. The Morgan fingerprint density at radius 2 is 1.49 bits per heavy atom. The first-order chi connectivity index (χ1) is 21.5. The lowest BCUT2D eigenvalue weighted by Gasteiger charge is -2.34. The number of sulfonamides is 1. The zero-order chi connectivity index (χ0) is 32.6. The SMILES string of the molecule is CC[C@H](C)NC(=O)[C@@H](Cc1ccccc1)N(Cc1cccc(Cl)c1)C(=O)CN(c1ccccc1Cl)S(=O)(=O)c1ccc(C)cc1. The average molecular weight is 667 g/mol. The molecule has 0 radical (unpaired) electrons. The molecule has 1 N–H and O–H groups in total. The summed E-state index contributed by atoms with van der Waals surface area (Å²) in [6.45, 7) is 5.14. The van der Waals surface area contributed by atoms with Crippen LogP contribution in [0.4, 0.5) is 5.69 Å². The highest BCUT2D eigenvalue weighted by molar-refractivity contribution is 7.92. The van der Waals surface area contributed by atoms with Crippen molar-refractivity contribution in [2.24, 2.45) is 0 Å². The Morgan fingerprint density at radius 3 is 2.13 bits per heavy atom. The highest BCUT2D eigenvalue weighted by Gasteiger charge is 2.35. The van der Waals surface area contributed by atoms with Crippen molar-refractivity contribution < 1.29 is 18.0 Å². The van der Waals surface area contributed by atoms with Gasteiger partial charge in [-0.25, -0.2) is 8.42 Å². The number of carbonyl (C=O) groups is 2. The molecule has 4 rings (SSSR count). The standard InChI is InChI=1S/C35H37Cl2N3O4S/c1-4-26(3)38-35(42)33(22-27-11-6-5-7-12-27)39(23-28-13-10-14-29(36)21-28)34(41)24-40(32-16-9-8-15-31(32)37)45(43,44)30-19-17-25(2)18-20-30/h5-21,26,33H,4,22-24H2,1-3H3,(H,38,42)/t26-,33+/m0/s1. The Labute approximate surface area is 275 Å². The van der Waals surface area contributed by atoms with E-state index in [9.17, 15) is 18.0 Å². The fourth-order valence-electron chi connectivity index (χ4n) is 4.83. The molecule has 0 aliphatic carbocycles. The number of amides is 2. The molecule has 0 saturated heterocycles. The third-order valence-electron chi connectivity index (χ3n) is 7.52. The average Bonchev–Trinajstić information content (AvgIpc) is 3.02. The van der Waals surface area contributed by atoms with Crippen LogP contribution in [0, 0.1) is 6.92 Å². The summed E-state index contributed by atoms with van der Waals surface area (Å²) in [5.74, 6) is -0.917. The molecule has 4 aromatic carbocycles. The summed E-state index contributed by atoms with van der Waals surface area (Å²) in [4.78, 5) is 29.9. The van der Waals surface area contributed by atoms with Gasteiger partial charge in [0.15, 0.2) is 0 Å². The monoisotopic (exact) mass is 665 g/mol. The summed E-state index contributed by atoms with van der Waals surface area (Å²) < 4.78 is 29.3. The summed E-state index contributed by atoms with van der Waals surface area (Å²) >= 11 is 12.8. The number of carbonyl (C=O) groups excluding carboxylic acids is 2. The van der Waals surface area contributed by atoms with Gasteiger partial charge in [-0.15, -0.1) is 0 Å². The minimum atomic E-state index is -4.25. The molecule has 10 heteroatoms. The summed E-state index contributed by atoms with van der Waals surface area (Å²) in [7, 11) is -4.25. The van der Waals surface area contributed by atoms with Crippen LogP contribution in [0.25, 0.3) is 0 Å². The Kier molecular flexibility index (Phi) is 11.7. The van der Waals surface area contributed by atoms with Gasteiger partial charge in [0.25, 0.3) is 10.0 Å². The molecule has 0 heterocycles. The van der Waals surface area contributed by atoms with Gasteiger partial charge in [0.1, 0.15) is 12.6 Å². The van der Waals surface area contributed by atoms with Crippen molar-refractivity contribution in [3.05, 3.63) is 130 Å². The first-order valence-electron chi connectivity index (χ1n) is 14.7. The Balaban J connectivity index is 1.82. The lowest BCUT2D eigenvalue weighted by Crippen LogP contribution is -2.54. The number of aryl methyl sites for hydroxylation is 1. The van der Waals surface area contributed by atoms with Crippen molar-refractivity contribution in [1.29, 1.82) is 0 Å². The molecule has 0 aliphatic heterocycles. The lowest BCUT2D eigenvalue weighted by atomic mass is 10.0. The van der Waals surface area contributed by atoms with Gasteiger partial charge in [0.2, 0.25) is 11.8 Å². The van der Waals surface area contributed by atoms with Crippen molar-refractivity contribution >= 4 is 50.7 Å². The van der Waals surface area contributed by atoms with E-state index in [1.165, 1.54) is 17.0 Å². The van der Waals surface area contributed by atoms with Gasteiger partial charge in [-0.1, -0.05) is 102 Å². The summed E-state index contributed by atoms with van der Waals surface area (Å²) in [6.07, 6.45) is 0.910. The number of halogens is 2. The topological polar surface area (TPSA) is 86.8 Å². The lowest BCUT2D eigenvalue weighted by molar-refractivity contribution is -0.140. The molecule has 0 unspecified atom stereocenters. The van der Waals surface area contributed by atoms with E-state index in [1.807, 2.05) is 57.2 Å². The number of nitrogens with zero attached hydrogens (tertiary/aromatic N) is 2. The van der Waals surface area contributed by atoms with Crippen molar-refractivity contribution in [2.45, 2.75) is 57.1 Å². The highest BCUT2D eigenvalue weighted by Crippen LogP contribution is 2.31. The van der Waals surface area contributed by atoms with Gasteiger partial charge in [-0.3, -0.25) is 13.9 Å². The second-order valence-corrected chi connectivity index (χ2v) is 13.7. The van der Waals surface area contributed by atoms with Crippen molar-refractivity contribution in [1.82, 2.24) is 10.2 Å². The Hall–Kier alpha value is -3.85. The summed E-state index contributed by atoms with van der Waals surface area (Å²) in [5.41, 5.74) is 2.58. The number of nitrogens with one attached hydrogen (secondary N) is 1. The van der Waals surface area contributed by atoms with E-state index in [0.29, 0.717) is 17.0 Å². The van der Waals surface area contributed by atoms with E-state index in [4.69, 9.17) is 23.2 Å². The van der Waals surface area contributed by atoms with E-state index in [1.54, 1.807) is 54.6 Å². The van der Waals surface area contributed by atoms with E-state index in [0.717, 1.165) is 15.4 Å². The van der Waals surface area contributed by atoms with Gasteiger partial charge < -0.3 is 10.2 Å². The molecule has 0 saturated carbocycles. The predicted octanol–water partition coefficient (Wildman–Crippen LogP) is 7.05. The number of para-hydroxylation sites is 1. The highest BCUT2D eigenvalue weighted by atomic mass is 35.5. The minimum absolute atomic E-state index is 0.0116. The first kappa shape index (κ1) is 34.0. The van der Waals surface area contributed by atoms with Gasteiger partial charge in [0, 0.05) is 24.0 Å². The number of rotatable bonds is 13. The molecule has 7 nitrogen and oxygen atoms in total. The maximum atomic E-state index is 14.5. The quantitative estimate of drug-likeness (QED) is 0.166. The van der Waals surface area contributed by atoms with Gasteiger partial charge in [-0.2, -0.15) is 0 Å². The molecule has 0 bridgehead atoms. The van der Waals surface area contributed by atoms with Gasteiger partial charge >= 0.3 is 0 Å². The number of hydrogen-bond acceptors (Lipinski definition) is 4. The van der Waals surface area contributed by atoms with E-state index in [2.05, 4.69) is 5.32 Å². The molecule has 4 aromatic rings.